The van der Waals surface area contributed by atoms with E-state index in [-0.39, 0.29) is 23.7 Å². The van der Waals surface area contributed by atoms with Crippen molar-refractivity contribution in [1.82, 2.24) is 15.1 Å². The fourth-order valence-electron chi connectivity index (χ4n) is 4.60. The molecule has 7 heteroatoms. The Labute approximate surface area is 176 Å². The van der Waals surface area contributed by atoms with Crippen molar-refractivity contribution in [2.24, 2.45) is 18.9 Å². The minimum absolute atomic E-state index is 0.119. The molecule has 2 aromatic rings. The van der Waals surface area contributed by atoms with Gasteiger partial charge in [-0.2, -0.15) is 5.10 Å². The number of nitrogens with one attached hydrogen (secondary N) is 1. The maximum atomic E-state index is 12.3. The highest BCUT2D eigenvalue weighted by molar-refractivity contribution is 6.02. The van der Waals surface area contributed by atoms with Crippen LogP contribution in [0.15, 0.2) is 18.2 Å². The summed E-state index contributed by atoms with van der Waals surface area (Å²) in [4.78, 5) is 38.2. The van der Waals surface area contributed by atoms with Crippen LogP contribution in [0.25, 0.3) is 10.9 Å². The van der Waals surface area contributed by atoms with Gasteiger partial charge in [-0.05, 0) is 43.4 Å². The van der Waals surface area contributed by atoms with Gasteiger partial charge in [0.25, 0.3) is 0 Å². The maximum Gasteiger partial charge on any atom is 0.235 e. The number of aryl methyl sites for hydroxylation is 1. The van der Waals surface area contributed by atoms with Gasteiger partial charge in [0.1, 0.15) is 5.78 Å². The first-order chi connectivity index (χ1) is 14.3. The van der Waals surface area contributed by atoms with E-state index in [2.05, 4.69) is 27.4 Å². The summed E-state index contributed by atoms with van der Waals surface area (Å²) >= 11 is 0. The molecule has 1 atom stereocenters. The molecule has 1 N–H and O–H groups in total. The number of rotatable bonds is 5. The summed E-state index contributed by atoms with van der Waals surface area (Å²) in [7, 11) is 1.89. The minimum Gasteiger partial charge on any atom is -0.371 e. The summed E-state index contributed by atoms with van der Waals surface area (Å²) in [5.74, 6) is 0.118. The number of fused-ring (bicyclic) bond motifs is 1. The van der Waals surface area contributed by atoms with Crippen molar-refractivity contribution in [1.29, 1.82) is 0 Å². The van der Waals surface area contributed by atoms with Gasteiger partial charge in [0, 0.05) is 50.0 Å². The zero-order valence-corrected chi connectivity index (χ0v) is 18.0. The largest absolute Gasteiger partial charge is 0.371 e. The SMILES string of the molecule is CC(C)C(=O)CC1CCN(c2ccc3c([C@@H]4CCC(=O)NC4=O)nn(C)c3c2)CC1. The fraction of sp³-hybridized carbons (Fsp3) is 0.565. The van der Waals surface area contributed by atoms with Crippen LogP contribution in [0.1, 0.15) is 57.6 Å². The van der Waals surface area contributed by atoms with Gasteiger partial charge in [-0.1, -0.05) is 13.8 Å². The predicted molar refractivity (Wildman–Crippen MR) is 115 cm³/mol. The van der Waals surface area contributed by atoms with E-state index in [0.717, 1.165) is 48.2 Å². The van der Waals surface area contributed by atoms with E-state index in [1.807, 2.05) is 31.6 Å². The van der Waals surface area contributed by atoms with E-state index in [1.54, 1.807) is 0 Å². The third-order valence-electron chi connectivity index (χ3n) is 6.55. The van der Waals surface area contributed by atoms with Gasteiger partial charge < -0.3 is 4.90 Å². The van der Waals surface area contributed by atoms with E-state index in [1.165, 1.54) is 0 Å². The van der Waals surface area contributed by atoms with E-state index >= 15 is 0 Å². The summed E-state index contributed by atoms with van der Waals surface area (Å²) < 4.78 is 1.83. The first-order valence-electron chi connectivity index (χ1n) is 10.9. The van der Waals surface area contributed by atoms with Crippen LogP contribution in [-0.2, 0) is 21.4 Å². The fourth-order valence-corrected chi connectivity index (χ4v) is 4.60. The van der Waals surface area contributed by atoms with E-state index < -0.39 is 0 Å². The summed E-state index contributed by atoms with van der Waals surface area (Å²) in [5, 5.41) is 8.02. The molecule has 160 valence electrons. The van der Waals surface area contributed by atoms with Crippen LogP contribution < -0.4 is 10.2 Å². The number of hydrogen-bond acceptors (Lipinski definition) is 5. The molecule has 0 bridgehead atoms. The maximum absolute atomic E-state index is 12.3. The number of piperidine rings is 2. The Hall–Kier alpha value is -2.70. The summed E-state index contributed by atoms with van der Waals surface area (Å²) in [6.45, 7) is 5.84. The molecule has 0 unspecified atom stereocenters. The van der Waals surface area contributed by atoms with Gasteiger partial charge in [-0.3, -0.25) is 24.4 Å². The predicted octanol–water partition coefficient (Wildman–Crippen LogP) is 2.93. The second-order valence-corrected chi connectivity index (χ2v) is 8.97. The van der Waals surface area contributed by atoms with Crippen LogP contribution in [0.2, 0.25) is 0 Å². The normalized spacial score (nSPS) is 20.8. The van der Waals surface area contributed by atoms with E-state index in [4.69, 9.17) is 0 Å². The molecular formula is C23H30N4O3. The monoisotopic (exact) mass is 410 g/mol. The van der Waals surface area contributed by atoms with Crippen molar-refractivity contribution in [2.75, 3.05) is 18.0 Å². The lowest BCUT2D eigenvalue weighted by Crippen LogP contribution is -2.39. The molecule has 4 rings (SSSR count). The lowest BCUT2D eigenvalue weighted by atomic mass is 9.88. The smallest absolute Gasteiger partial charge is 0.235 e. The number of carbonyl (C=O) groups is 3. The van der Waals surface area contributed by atoms with E-state index in [9.17, 15) is 14.4 Å². The highest BCUT2D eigenvalue weighted by atomic mass is 16.2. The summed E-state index contributed by atoms with van der Waals surface area (Å²) in [6, 6.07) is 6.28. The number of hydrogen-bond donors (Lipinski definition) is 1. The second kappa shape index (κ2) is 8.20. The average Bonchev–Trinajstić information content (AvgIpc) is 3.04. The highest BCUT2D eigenvalue weighted by Gasteiger charge is 2.32. The van der Waals surface area contributed by atoms with Crippen LogP contribution in [0.4, 0.5) is 5.69 Å². The Morgan fingerprint density at radius 2 is 1.93 bits per heavy atom. The van der Waals surface area contributed by atoms with Gasteiger partial charge >= 0.3 is 0 Å². The molecule has 1 aromatic carbocycles. The number of anilines is 1. The number of benzene rings is 1. The zero-order chi connectivity index (χ0) is 21.4. The van der Waals surface area contributed by atoms with Gasteiger partial charge in [-0.15, -0.1) is 0 Å². The molecule has 0 aliphatic carbocycles. The molecule has 3 heterocycles. The molecule has 30 heavy (non-hydrogen) atoms. The molecule has 2 aliphatic heterocycles. The first-order valence-corrected chi connectivity index (χ1v) is 10.9. The van der Waals surface area contributed by atoms with Crippen molar-refractivity contribution in [3.05, 3.63) is 23.9 Å². The molecule has 2 fully saturated rings. The molecule has 2 amide bonds. The molecule has 2 saturated heterocycles. The number of imide groups is 1. The Morgan fingerprint density at radius 1 is 1.20 bits per heavy atom. The minimum atomic E-state index is -0.383. The van der Waals surface area contributed by atoms with Crippen molar-refractivity contribution < 1.29 is 14.4 Å². The molecule has 0 spiro atoms. The van der Waals surface area contributed by atoms with E-state index in [0.29, 0.717) is 31.0 Å². The third-order valence-corrected chi connectivity index (χ3v) is 6.55. The highest BCUT2D eigenvalue weighted by Crippen LogP contribution is 2.33. The standard InChI is InChI=1S/C23H30N4O3/c1-14(2)20(28)12-15-8-10-27(11-9-15)16-4-5-17-19(13-16)26(3)25-22(17)18-6-7-21(29)24-23(18)30/h4-5,13-15,18H,6-12H2,1-3H3,(H,24,29,30)/t18-/m0/s1. The topological polar surface area (TPSA) is 84.3 Å². The molecule has 1 aromatic heterocycles. The van der Waals surface area contributed by atoms with Crippen molar-refractivity contribution in [3.8, 4) is 0 Å². The first kappa shape index (κ1) is 20.6. The van der Waals surface area contributed by atoms with Crippen molar-refractivity contribution in [2.45, 2.75) is 51.9 Å². The van der Waals surface area contributed by atoms with Crippen LogP contribution >= 0.6 is 0 Å². The number of ketones is 1. The quantitative estimate of drug-likeness (QED) is 0.766. The lowest BCUT2D eigenvalue weighted by Gasteiger charge is -2.33. The lowest BCUT2D eigenvalue weighted by molar-refractivity contribution is -0.134. The second-order valence-electron chi connectivity index (χ2n) is 8.97. The molecule has 0 radical (unpaired) electrons. The molecule has 7 nitrogen and oxygen atoms in total. The van der Waals surface area contributed by atoms with Gasteiger partial charge in [0.05, 0.1) is 17.1 Å². The van der Waals surface area contributed by atoms with Crippen molar-refractivity contribution >= 4 is 34.2 Å². The number of nitrogens with zero attached hydrogens (tertiary/aromatic N) is 3. The number of aromatic nitrogens is 2. The van der Waals surface area contributed by atoms with Gasteiger partial charge in [0.15, 0.2) is 0 Å². The molecular weight excluding hydrogens is 380 g/mol. The Balaban J connectivity index is 1.50. The number of amides is 2. The number of carbonyl (C=O) groups excluding carboxylic acids is 3. The summed E-state index contributed by atoms with van der Waals surface area (Å²) in [6.07, 6.45) is 3.61. The molecule has 0 saturated carbocycles. The Kier molecular flexibility index (Phi) is 5.62. The number of Topliss-reactive ketones (excluding diaryl/α,β-unsaturated/α-hetero) is 1. The Morgan fingerprint density at radius 3 is 2.60 bits per heavy atom. The molecule has 2 aliphatic rings. The third kappa shape index (κ3) is 3.98. The van der Waals surface area contributed by atoms with Gasteiger partial charge in [-0.25, -0.2) is 0 Å². The average molecular weight is 411 g/mol. The Bertz CT molecular complexity index is 986. The van der Waals surface area contributed by atoms with Crippen LogP contribution in [0.5, 0.6) is 0 Å². The summed E-state index contributed by atoms with van der Waals surface area (Å²) in [5.41, 5.74) is 2.88. The van der Waals surface area contributed by atoms with Crippen LogP contribution in [0, 0.1) is 11.8 Å². The van der Waals surface area contributed by atoms with Crippen molar-refractivity contribution in [3.63, 3.8) is 0 Å². The van der Waals surface area contributed by atoms with Crippen LogP contribution in [0.3, 0.4) is 0 Å². The van der Waals surface area contributed by atoms with Crippen LogP contribution in [-0.4, -0.2) is 40.5 Å². The zero-order valence-electron chi connectivity index (χ0n) is 18.0. The van der Waals surface area contributed by atoms with Gasteiger partial charge in [0.2, 0.25) is 11.8 Å².